The molecule has 2 rings (SSSR count). The number of nitrogens with one attached hydrogen (secondary N) is 1. The van der Waals surface area contributed by atoms with E-state index in [-0.39, 0.29) is 18.5 Å². The molecular formula is C14H19N5O. The summed E-state index contributed by atoms with van der Waals surface area (Å²) in [5, 5.41) is 10.5. The molecule has 2 aromatic heterocycles. The van der Waals surface area contributed by atoms with E-state index in [1.165, 1.54) is 4.68 Å². The van der Waals surface area contributed by atoms with E-state index in [2.05, 4.69) is 27.5 Å². The Morgan fingerprint density at radius 1 is 1.45 bits per heavy atom. The smallest absolute Gasteiger partial charge is 0.242 e. The van der Waals surface area contributed by atoms with Crippen molar-refractivity contribution in [1.82, 2.24) is 25.3 Å². The third-order valence-corrected chi connectivity index (χ3v) is 3.05. The Morgan fingerprint density at radius 3 is 3.00 bits per heavy atom. The van der Waals surface area contributed by atoms with Crippen molar-refractivity contribution in [3.63, 3.8) is 0 Å². The van der Waals surface area contributed by atoms with Gasteiger partial charge in [0.1, 0.15) is 6.54 Å². The fourth-order valence-electron chi connectivity index (χ4n) is 2.02. The molecule has 20 heavy (non-hydrogen) atoms. The minimum absolute atomic E-state index is 0.000304. The first-order valence-electron chi connectivity index (χ1n) is 6.83. The fourth-order valence-corrected chi connectivity index (χ4v) is 2.02. The molecule has 0 bridgehead atoms. The fraction of sp³-hybridized carbons (Fsp3) is 0.429. The van der Waals surface area contributed by atoms with Crippen LogP contribution < -0.4 is 5.32 Å². The summed E-state index contributed by atoms with van der Waals surface area (Å²) in [6.45, 7) is 2.32. The van der Waals surface area contributed by atoms with Crippen molar-refractivity contribution in [2.24, 2.45) is 0 Å². The Bertz CT molecular complexity index is 512. The minimum Gasteiger partial charge on any atom is -0.348 e. The van der Waals surface area contributed by atoms with Gasteiger partial charge in [-0.2, -0.15) is 0 Å². The second-order valence-corrected chi connectivity index (χ2v) is 4.65. The van der Waals surface area contributed by atoms with Gasteiger partial charge in [0.2, 0.25) is 5.91 Å². The van der Waals surface area contributed by atoms with E-state index >= 15 is 0 Å². The number of amides is 1. The summed E-state index contributed by atoms with van der Waals surface area (Å²) in [6, 6.07) is 3.88. The lowest BCUT2D eigenvalue weighted by molar-refractivity contribution is -0.122. The van der Waals surface area contributed by atoms with Crippen LogP contribution in [-0.2, 0) is 11.3 Å². The number of unbranched alkanes of at least 4 members (excludes halogenated alkanes) is 1. The van der Waals surface area contributed by atoms with E-state index in [9.17, 15) is 4.79 Å². The first kappa shape index (κ1) is 14.2. The van der Waals surface area contributed by atoms with Gasteiger partial charge >= 0.3 is 0 Å². The summed E-state index contributed by atoms with van der Waals surface area (Å²) in [6.07, 6.45) is 9.82. The summed E-state index contributed by atoms with van der Waals surface area (Å²) in [7, 11) is 0. The minimum atomic E-state index is -0.0690. The first-order valence-corrected chi connectivity index (χ1v) is 6.83. The highest BCUT2D eigenvalue weighted by Crippen LogP contribution is 2.18. The summed E-state index contributed by atoms with van der Waals surface area (Å²) < 4.78 is 1.51. The standard InChI is InChI=1S/C14H19N5O/c1-2-3-6-13(12-5-4-7-15-10-12)17-14(20)11-19-9-8-16-18-19/h4-5,7-10,13H,2-3,6,11H2,1H3,(H,17,20)/t13-/m0/s1. The zero-order valence-electron chi connectivity index (χ0n) is 11.6. The highest BCUT2D eigenvalue weighted by atomic mass is 16.2. The predicted octanol–water partition coefficient (Wildman–Crippen LogP) is 1.72. The van der Waals surface area contributed by atoms with Gasteiger partial charge in [0.15, 0.2) is 0 Å². The van der Waals surface area contributed by atoms with Crippen molar-refractivity contribution in [2.45, 2.75) is 38.8 Å². The van der Waals surface area contributed by atoms with Crippen molar-refractivity contribution in [3.8, 4) is 0 Å². The molecule has 0 radical (unpaired) electrons. The van der Waals surface area contributed by atoms with Gasteiger partial charge in [0, 0.05) is 18.6 Å². The highest BCUT2D eigenvalue weighted by Gasteiger charge is 2.14. The third kappa shape index (κ3) is 4.15. The van der Waals surface area contributed by atoms with Crippen LogP contribution in [0.4, 0.5) is 0 Å². The summed E-state index contributed by atoms with van der Waals surface area (Å²) in [5.74, 6) is -0.0690. The summed E-state index contributed by atoms with van der Waals surface area (Å²) in [5.41, 5.74) is 1.04. The van der Waals surface area contributed by atoms with E-state index < -0.39 is 0 Å². The van der Waals surface area contributed by atoms with Crippen molar-refractivity contribution in [1.29, 1.82) is 0 Å². The molecule has 6 nitrogen and oxygen atoms in total. The van der Waals surface area contributed by atoms with Gasteiger partial charge in [-0.3, -0.25) is 9.78 Å². The van der Waals surface area contributed by atoms with Crippen molar-refractivity contribution in [3.05, 3.63) is 42.5 Å². The van der Waals surface area contributed by atoms with E-state index in [1.807, 2.05) is 12.1 Å². The normalized spacial score (nSPS) is 12.1. The SMILES string of the molecule is CCCC[C@H](NC(=O)Cn1ccnn1)c1cccnc1. The second kappa shape index (κ2) is 7.37. The molecular weight excluding hydrogens is 254 g/mol. The van der Waals surface area contributed by atoms with Crippen LogP contribution in [0.3, 0.4) is 0 Å². The molecule has 0 aliphatic carbocycles. The Kier molecular flexibility index (Phi) is 5.23. The molecule has 0 aromatic carbocycles. The number of carbonyl (C=O) groups excluding carboxylic acids is 1. The Labute approximate surface area is 118 Å². The van der Waals surface area contributed by atoms with Gasteiger partial charge in [-0.15, -0.1) is 5.10 Å². The molecule has 1 atom stereocenters. The largest absolute Gasteiger partial charge is 0.348 e. The molecule has 2 aromatic rings. The van der Waals surface area contributed by atoms with Crippen LogP contribution in [0.2, 0.25) is 0 Å². The van der Waals surface area contributed by atoms with E-state index in [4.69, 9.17) is 0 Å². The van der Waals surface area contributed by atoms with Crippen LogP contribution in [-0.4, -0.2) is 25.9 Å². The molecule has 106 valence electrons. The molecule has 0 unspecified atom stereocenters. The van der Waals surface area contributed by atoms with Crippen LogP contribution in [0.1, 0.15) is 37.8 Å². The number of pyridine rings is 1. The van der Waals surface area contributed by atoms with Crippen molar-refractivity contribution >= 4 is 5.91 Å². The number of carbonyl (C=O) groups is 1. The molecule has 6 heteroatoms. The highest BCUT2D eigenvalue weighted by molar-refractivity contribution is 5.76. The molecule has 0 saturated carbocycles. The number of hydrogen-bond donors (Lipinski definition) is 1. The number of rotatable bonds is 7. The van der Waals surface area contributed by atoms with Gasteiger partial charge in [0.25, 0.3) is 0 Å². The van der Waals surface area contributed by atoms with Gasteiger partial charge in [-0.1, -0.05) is 31.0 Å². The van der Waals surface area contributed by atoms with Gasteiger partial charge in [0.05, 0.1) is 12.2 Å². The lowest BCUT2D eigenvalue weighted by Gasteiger charge is -2.18. The maximum Gasteiger partial charge on any atom is 0.242 e. The zero-order valence-corrected chi connectivity index (χ0v) is 11.6. The number of aromatic nitrogens is 4. The van der Waals surface area contributed by atoms with Crippen LogP contribution in [0.5, 0.6) is 0 Å². The van der Waals surface area contributed by atoms with Crippen molar-refractivity contribution in [2.75, 3.05) is 0 Å². The summed E-state index contributed by atoms with van der Waals surface area (Å²) >= 11 is 0. The second-order valence-electron chi connectivity index (χ2n) is 4.65. The maximum absolute atomic E-state index is 12.0. The quantitative estimate of drug-likeness (QED) is 0.833. The van der Waals surface area contributed by atoms with E-state index in [1.54, 1.807) is 24.8 Å². The molecule has 0 aliphatic heterocycles. The van der Waals surface area contributed by atoms with Crippen LogP contribution in [0.25, 0.3) is 0 Å². The number of hydrogen-bond acceptors (Lipinski definition) is 4. The van der Waals surface area contributed by atoms with E-state index in [0.29, 0.717) is 0 Å². The summed E-state index contributed by atoms with van der Waals surface area (Å²) in [4.78, 5) is 16.2. The van der Waals surface area contributed by atoms with Gasteiger partial charge < -0.3 is 5.32 Å². The van der Waals surface area contributed by atoms with E-state index in [0.717, 1.165) is 24.8 Å². The zero-order chi connectivity index (χ0) is 14.2. The van der Waals surface area contributed by atoms with Gasteiger partial charge in [-0.25, -0.2) is 4.68 Å². The third-order valence-electron chi connectivity index (χ3n) is 3.05. The molecule has 1 N–H and O–H groups in total. The lowest BCUT2D eigenvalue weighted by Crippen LogP contribution is -2.31. The predicted molar refractivity (Wildman–Crippen MR) is 74.7 cm³/mol. The van der Waals surface area contributed by atoms with Crippen LogP contribution >= 0.6 is 0 Å². The topological polar surface area (TPSA) is 72.7 Å². The molecule has 0 aliphatic rings. The monoisotopic (exact) mass is 273 g/mol. The molecule has 0 spiro atoms. The van der Waals surface area contributed by atoms with Crippen LogP contribution in [0, 0.1) is 0 Å². The molecule has 0 saturated heterocycles. The Balaban J connectivity index is 1.98. The lowest BCUT2D eigenvalue weighted by atomic mass is 10.0. The average molecular weight is 273 g/mol. The molecule has 0 fully saturated rings. The Morgan fingerprint density at radius 2 is 2.35 bits per heavy atom. The van der Waals surface area contributed by atoms with Crippen molar-refractivity contribution < 1.29 is 4.79 Å². The Hall–Kier alpha value is -2.24. The average Bonchev–Trinajstić information content (AvgIpc) is 2.97. The first-order chi connectivity index (χ1) is 9.79. The number of nitrogens with zero attached hydrogens (tertiary/aromatic N) is 4. The van der Waals surface area contributed by atoms with Crippen LogP contribution in [0.15, 0.2) is 36.9 Å². The van der Waals surface area contributed by atoms with Gasteiger partial charge in [-0.05, 0) is 18.1 Å². The maximum atomic E-state index is 12.0. The molecule has 2 heterocycles. The molecule has 1 amide bonds.